The summed E-state index contributed by atoms with van der Waals surface area (Å²) in [4.78, 5) is 0. The third-order valence-electron chi connectivity index (χ3n) is 3.38. The van der Waals surface area contributed by atoms with Crippen LogP contribution in [0, 0.1) is 0 Å². The van der Waals surface area contributed by atoms with Gasteiger partial charge in [-0.05, 0) is 56.9 Å². The summed E-state index contributed by atoms with van der Waals surface area (Å²) in [5.41, 5.74) is 0.854. The molecular weight excluding hydrogens is 320 g/mol. The summed E-state index contributed by atoms with van der Waals surface area (Å²) < 4.78 is 50.0. The van der Waals surface area contributed by atoms with Gasteiger partial charge >= 0.3 is 0 Å². The van der Waals surface area contributed by atoms with Gasteiger partial charge < -0.3 is 0 Å². The molecule has 0 fully saturated rings. The number of hydrogen-bond donors (Lipinski definition) is 0. The number of fused-ring (bicyclic) bond motifs is 2. The Morgan fingerprint density at radius 2 is 1.43 bits per heavy atom. The van der Waals surface area contributed by atoms with Gasteiger partial charge in [-0.2, -0.15) is 0 Å². The maximum Gasteiger partial charge on any atom is 0.0641 e. The van der Waals surface area contributed by atoms with Crippen molar-refractivity contribution in [1.82, 2.24) is 0 Å². The van der Waals surface area contributed by atoms with Crippen LogP contribution in [-0.2, 0) is 0 Å². The Bertz CT molecular complexity index is 1250. The van der Waals surface area contributed by atoms with Crippen LogP contribution in [-0.4, -0.2) is 0 Å². The molecule has 4 rings (SSSR count). The van der Waals surface area contributed by atoms with E-state index < -0.39 is 0 Å². The molecule has 0 amide bonds. The topological polar surface area (TPSA) is 0 Å². The number of rotatable bonds is 1. The molecule has 0 unspecified atom stereocenters. The SMILES string of the molecule is [2H]c1c(-c2ccc3ccccc3c2)c([2H])c2c([2H])c([2H])c(Br)c([2H])c2c1[2H]. The van der Waals surface area contributed by atoms with E-state index in [1.807, 2.05) is 36.4 Å². The zero-order chi connectivity index (χ0) is 19.5. The van der Waals surface area contributed by atoms with Crippen molar-refractivity contribution in [3.8, 4) is 11.1 Å². The van der Waals surface area contributed by atoms with Gasteiger partial charge in [0.05, 0.1) is 8.22 Å². The minimum Gasteiger partial charge on any atom is -0.0616 e. The van der Waals surface area contributed by atoms with E-state index >= 15 is 0 Å². The Morgan fingerprint density at radius 3 is 2.33 bits per heavy atom. The lowest BCUT2D eigenvalue weighted by Crippen LogP contribution is -1.80. The minimum absolute atomic E-state index is 0.0578. The highest BCUT2D eigenvalue weighted by Crippen LogP contribution is 2.28. The van der Waals surface area contributed by atoms with Crippen LogP contribution in [0.25, 0.3) is 32.7 Å². The van der Waals surface area contributed by atoms with Crippen molar-refractivity contribution in [3.63, 3.8) is 0 Å². The molecule has 0 spiro atoms. The lowest BCUT2D eigenvalue weighted by molar-refractivity contribution is 1.66. The Labute approximate surface area is 140 Å². The van der Waals surface area contributed by atoms with Gasteiger partial charge in [0.15, 0.2) is 0 Å². The fourth-order valence-corrected chi connectivity index (χ4v) is 2.64. The highest BCUT2D eigenvalue weighted by Gasteiger charge is 2.02. The molecule has 0 atom stereocenters. The second kappa shape index (κ2) is 5.01. The van der Waals surface area contributed by atoms with Crippen molar-refractivity contribution >= 4 is 37.5 Å². The number of hydrogen-bond acceptors (Lipinski definition) is 0. The largest absolute Gasteiger partial charge is 0.0641 e. The third-order valence-corrected chi connectivity index (χ3v) is 3.78. The average molecular weight is 339 g/mol. The van der Waals surface area contributed by atoms with E-state index in [2.05, 4.69) is 15.9 Å². The molecule has 4 aromatic rings. The first kappa shape index (κ1) is 7.77. The van der Waals surface area contributed by atoms with Crippen LogP contribution in [0.1, 0.15) is 8.22 Å². The summed E-state index contributed by atoms with van der Waals surface area (Å²) in [5.74, 6) is 0. The monoisotopic (exact) mass is 338 g/mol. The molecule has 0 bridgehead atoms. The molecule has 0 aliphatic heterocycles. The smallest absolute Gasteiger partial charge is 0.0616 e. The highest BCUT2D eigenvalue weighted by atomic mass is 79.9. The second-order valence-electron chi connectivity index (χ2n) is 4.75. The van der Waals surface area contributed by atoms with Crippen molar-refractivity contribution in [3.05, 3.63) is 83.2 Å². The van der Waals surface area contributed by atoms with Gasteiger partial charge in [-0.1, -0.05) is 70.5 Å². The van der Waals surface area contributed by atoms with Crippen LogP contribution < -0.4 is 0 Å². The summed E-state index contributed by atoms with van der Waals surface area (Å²) in [6.07, 6.45) is 0. The minimum atomic E-state index is -0.214. The molecule has 21 heavy (non-hydrogen) atoms. The van der Waals surface area contributed by atoms with E-state index in [4.69, 9.17) is 8.22 Å². The van der Waals surface area contributed by atoms with Crippen LogP contribution >= 0.6 is 15.9 Å². The fraction of sp³-hybridized carbons (Fsp3) is 0. The van der Waals surface area contributed by atoms with E-state index in [0.717, 1.165) is 10.8 Å². The predicted molar refractivity (Wildman–Crippen MR) is 94.6 cm³/mol. The van der Waals surface area contributed by atoms with Crippen LogP contribution in [0.2, 0.25) is 0 Å². The lowest BCUT2D eigenvalue weighted by atomic mass is 9.99. The first-order valence-electron chi connectivity index (χ1n) is 9.50. The molecule has 0 aliphatic carbocycles. The van der Waals surface area contributed by atoms with E-state index in [1.165, 1.54) is 0 Å². The predicted octanol–water partition coefficient (Wildman–Crippen LogP) is 6.42. The maximum absolute atomic E-state index is 8.62. The van der Waals surface area contributed by atoms with E-state index in [9.17, 15) is 0 Å². The molecule has 0 N–H and O–H groups in total. The first-order valence-corrected chi connectivity index (χ1v) is 7.30. The summed E-state index contributed by atoms with van der Waals surface area (Å²) in [6.45, 7) is 0. The lowest BCUT2D eigenvalue weighted by Gasteiger charge is -2.06. The molecule has 0 aliphatic rings. The number of benzene rings is 4. The molecular formula is C20H13Br. The average Bonchev–Trinajstić information content (AvgIpc) is 2.67. The summed E-state index contributed by atoms with van der Waals surface area (Å²) in [6, 6.07) is 12.3. The van der Waals surface area contributed by atoms with Crippen LogP contribution in [0.3, 0.4) is 0 Å². The Kier molecular flexibility index (Phi) is 1.85. The molecule has 0 heterocycles. The Hall–Kier alpha value is -2.12. The second-order valence-corrected chi connectivity index (χ2v) is 5.54. The van der Waals surface area contributed by atoms with E-state index in [0.29, 0.717) is 5.56 Å². The quantitative estimate of drug-likeness (QED) is 0.375. The van der Waals surface area contributed by atoms with Gasteiger partial charge in [0.1, 0.15) is 0 Å². The molecule has 4 aromatic carbocycles. The van der Waals surface area contributed by atoms with Crippen molar-refractivity contribution in [2.75, 3.05) is 0 Å². The molecule has 0 radical (unpaired) electrons. The Balaban J connectivity index is 2.15. The van der Waals surface area contributed by atoms with Crippen molar-refractivity contribution < 1.29 is 8.22 Å². The van der Waals surface area contributed by atoms with Gasteiger partial charge in [-0.15, -0.1) is 0 Å². The zero-order valence-corrected chi connectivity index (χ0v) is 12.5. The summed E-state index contributed by atoms with van der Waals surface area (Å²) >= 11 is 3.12. The highest BCUT2D eigenvalue weighted by molar-refractivity contribution is 9.10. The van der Waals surface area contributed by atoms with Gasteiger partial charge in [-0.3, -0.25) is 0 Å². The standard InChI is InChI=1S/C20H13Br/c21-20-10-9-18-12-17(7-8-19(18)13-20)16-6-5-14-3-1-2-4-15(14)11-16/h1-13H/i7D,8D,9D,10D,12D,13D. The Morgan fingerprint density at radius 1 is 0.667 bits per heavy atom. The van der Waals surface area contributed by atoms with Crippen molar-refractivity contribution in [1.29, 1.82) is 0 Å². The molecule has 100 valence electrons. The zero-order valence-electron chi connectivity index (χ0n) is 16.9. The van der Waals surface area contributed by atoms with Crippen LogP contribution in [0.5, 0.6) is 0 Å². The first-order chi connectivity index (χ1) is 12.8. The normalized spacial score (nSPS) is 15.1. The van der Waals surface area contributed by atoms with E-state index in [-0.39, 0.29) is 57.1 Å². The van der Waals surface area contributed by atoms with Gasteiger partial charge in [-0.25, -0.2) is 0 Å². The summed E-state index contributed by atoms with van der Waals surface area (Å²) in [5, 5.41) is 2.10. The van der Waals surface area contributed by atoms with Crippen LogP contribution in [0.4, 0.5) is 0 Å². The third kappa shape index (κ3) is 2.34. The van der Waals surface area contributed by atoms with Gasteiger partial charge in [0, 0.05) is 4.47 Å². The number of halogens is 1. The maximum atomic E-state index is 8.62. The molecule has 1 heteroatoms. The molecule has 0 nitrogen and oxygen atoms in total. The van der Waals surface area contributed by atoms with Crippen LogP contribution in [0.15, 0.2) is 83.2 Å². The van der Waals surface area contributed by atoms with Crippen molar-refractivity contribution in [2.24, 2.45) is 0 Å². The van der Waals surface area contributed by atoms with E-state index in [1.54, 1.807) is 6.07 Å². The molecule has 0 saturated carbocycles. The van der Waals surface area contributed by atoms with Gasteiger partial charge in [0.25, 0.3) is 0 Å². The summed E-state index contributed by atoms with van der Waals surface area (Å²) in [7, 11) is 0. The fourth-order valence-electron chi connectivity index (χ4n) is 2.34. The van der Waals surface area contributed by atoms with Crippen molar-refractivity contribution in [2.45, 2.75) is 0 Å². The molecule has 0 aromatic heterocycles. The van der Waals surface area contributed by atoms with Gasteiger partial charge in [0.2, 0.25) is 0 Å². The molecule has 0 saturated heterocycles.